The summed E-state index contributed by atoms with van der Waals surface area (Å²) in [4.78, 5) is 12.8. The van der Waals surface area contributed by atoms with Gasteiger partial charge in [0.1, 0.15) is 0 Å². The summed E-state index contributed by atoms with van der Waals surface area (Å²) in [5, 5.41) is 7.33. The second-order valence-electron chi connectivity index (χ2n) is 5.80. The molecular weight excluding hydrogens is 323 g/mol. The largest absolute Gasteiger partial charge is 0.384 e. The number of piperidine rings is 1. The molecule has 1 aromatic rings. The average molecular weight is 345 g/mol. The molecule has 122 valence electrons. The van der Waals surface area contributed by atoms with Crippen LogP contribution in [0.15, 0.2) is 18.2 Å². The van der Waals surface area contributed by atoms with E-state index in [1.807, 2.05) is 19.1 Å². The van der Waals surface area contributed by atoms with E-state index in [0.29, 0.717) is 16.7 Å². The molecule has 1 heterocycles. The smallest absolute Gasteiger partial charge is 0.229 e. The summed E-state index contributed by atoms with van der Waals surface area (Å²) in [5.74, 6) is 0.0133. The molecule has 4 nitrogen and oxygen atoms in total. The number of carbonyl (C=O) groups excluding carboxylic acids is 1. The first-order valence-electron chi connectivity index (χ1n) is 7.45. The molecule has 1 saturated heterocycles. The highest BCUT2D eigenvalue weighted by molar-refractivity contribution is 6.42. The molecule has 1 unspecified atom stereocenters. The van der Waals surface area contributed by atoms with Crippen molar-refractivity contribution in [1.29, 1.82) is 0 Å². The molecule has 0 radical (unpaired) electrons. The number of nitrogens with one attached hydrogen (secondary N) is 2. The summed E-state index contributed by atoms with van der Waals surface area (Å²) in [6.45, 7) is 3.99. The van der Waals surface area contributed by atoms with Gasteiger partial charge in [0.05, 0.1) is 28.1 Å². The minimum absolute atomic E-state index is 0.0133. The molecule has 1 fully saturated rings. The highest BCUT2D eigenvalue weighted by Gasteiger charge is 2.40. The van der Waals surface area contributed by atoms with E-state index in [4.69, 9.17) is 27.9 Å². The first-order chi connectivity index (χ1) is 10.5. The summed E-state index contributed by atoms with van der Waals surface area (Å²) < 4.78 is 5.30. The van der Waals surface area contributed by atoms with Crippen molar-refractivity contribution < 1.29 is 9.53 Å². The van der Waals surface area contributed by atoms with Gasteiger partial charge in [-0.25, -0.2) is 0 Å². The third kappa shape index (κ3) is 3.74. The second kappa shape index (κ2) is 7.64. The van der Waals surface area contributed by atoms with Crippen LogP contribution in [0.4, 0.5) is 0 Å². The first-order valence-corrected chi connectivity index (χ1v) is 8.20. The molecule has 1 aromatic carbocycles. The van der Waals surface area contributed by atoms with Gasteiger partial charge in [0.2, 0.25) is 5.91 Å². The van der Waals surface area contributed by atoms with Crippen LogP contribution in [0.2, 0.25) is 10.0 Å². The Balaban J connectivity index is 2.13. The predicted octanol–water partition coefficient (Wildman–Crippen LogP) is 3.19. The SMILES string of the molecule is COCC1(C(=O)NC(C)c2cccc(Cl)c2Cl)CCNCC1. The molecular formula is C16H22Cl2N2O2. The summed E-state index contributed by atoms with van der Waals surface area (Å²) in [7, 11) is 1.63. The van der Waals surface area contributed by atoms with Crippen LogP contribution in [0.1, 0.15) is 31.4 Å². The minimum atomic E-state index is -0.473. The van der Waals surface area contributed by atoms with Crippen LogP contribution in [0.5, 0.6) is 0 Å². The lowest BCUT2D eigenvalue weighted by molar-refractivity contribution is -0.136. The zero-order valence-corrected chi connectivity index (χ0v) is 14.4. The van der Waals surface area contributed by atoms with E-state index in [1.54, 1.807) is 13.2 Å². The fourth-order valence-electron chi connectivity index (χ4n) is 2.90. The Labute approximate surface area is 141 Å². The number of hydrogen-bond donors (Lipinski definition) is 2. The van der Waals surface area contributed by atoms with E-state index in [0.717, 1.165) is 31.5 Å². The van der Waals surface area contributed by atoms with Crippen LogP contribution < -0.4 is 10.6 Å². The third-order valence-electron chi connectivity index (χ3n) is 4.26. The highest BCUT2D eigenvalue weighted by atomic mass is 35.5. The molecule has 6 heteroatoms. The lowest BCUT2D eigenvalue weighted by Gasteiger charge is -2.36. The first kappa shape index (κ1) is 17.5. The number of benzene rings is 1. The Kier molecular flexibility index (Phi) is 6.09. The van der Waals surface area contributed by atoms with Crippen LogP contribution in [0.25, 0.3) is 0 Å². The predicted molar refractivity (Wildman–Crippen MR) is 89.4 cm³/mol. The summed E-state index contributed by atoms with van der Waals surface area (Å²) in [5.41, 5.74) is 0.350. The summed E-state index contributed by atoms with van der Waals surface area (Å²) in [6.07, 6.45) is 1.53. The van der Waals surface area contributed by atoms with Crippen LogP contribution in [-0.2, 0) is 9.53 Å². The van der Waals surface area contributed by atoms with Crippen molar-refractivity contribution in [1.82, 2.24) is 10.6 Å². The summed E-state index contributed by atoms with van der Waals surface area (Å²) in [6, 6.07) is 5.25. The zero-order valence-electron chi connectivity index (χ0n) is 12.9. The van der Waals surface area contributed by atoms with Gasteiger partial charge < -0.3 is 15.4 Å². The molecule has 1 atom stereocenters. The van der Waals surface area contributed by atoms with E-state index < -0.39 is 5.41 Å². The normalized spacial score (nSPS) is 18.7. The van der Waals surface area contributed by atoms with Crippen molar-refractivity contribution in [3.05, 3.63) is 33.8 Å². The number of carbonyl (C=O) groups is 1. The van der Waals surface area contributed by atoms with Crippen molar-refractivity contribution in [3.8, 4) is 0 Å². The Bertz CT molecular complexity index is 525. The number of amides is 1. The van der Waals surface area contributed by atoms with Gasteiger partial charge in [-0.1, -0.05) is 35.3 Å². The van der Waals surface area contributed by atoms with Gasteiger partial charge in [0, 0.05) is 7.11 Å². The fraction of sp³-hybridized carbons (Fsp3) is 0.562. The molecule has 0 aliphatic carbocycles. The van der Waals surface area contributed by atoms with Gasteiger partial charge in [-0.05, 0) is 44.5 Å². The Morgan fingerprint density at radius 1 is 1.41 bits per heavy atom. The Morgan fingerprint density at radius 3 is 2.73 bits per heavy atom. The minimum Gasteiger partial charge on any atom is -0.384 e. The van der Waals surface area contributed by atoms with Crippen LogP contribution in [0, 0.1) is 5.41 Å². The van der Waals surface area contributed by atoms with Crippen molar-refractivity contribution in [3.63, 3.8) is 0 Å². The van der Waals surface area contributed by atoms with Gasteiger partial charge in [-0.3, -0.25) is 4.79 Å². The molecule has 22 heavy (non-hydrogen) atoms. The third-order valence-corrected chi connectivity index (χ3v) is 5.09. The highest BCUT2D eigenvalue weighted by Crippen LogP contribution is 2.33. The lowest BCUT2D eigenvalue weighted by Crippen LogP contribution is -2.50. The van der Waals surface area contributed by atoms with Gasteiger partial charge >= 0.3 is 0 Å². The standard InChI is InChI=1S/C16H22Cl2N2O2/c1-11(12-4-3-5-13(17)14(12)18)20-15(21)16(10-22-2)6-8-19-9-7-16/h3-5,11,19H,6-10H2,1-2H3,(H,20,21). The molecule has 2 N–H and O–H groups in total. The van der Waals surface area contributed by atoms with Crippen molar-refractivity contribution in [2.75, 3.05) is 26.8 Å². The van der Waals surface area contributed by atoms with Crippen LogP contribution >= 0.6 is 23.2 Å². The van der Waals surface area contributed by atoms with Gasteiger partial charge in [-0.15, -0.1) is 0 Å². The van der Waals surface area contributed by atoms with Gasteiger partial charge in [-0.2, -0.15) is 0 Å². The summed E-state index contributed by atoms with van der Waals surface area (Å²) >= 11 is 12.3. The molecule has 0 spiro atoms. The van der Waals surface area contributed by atoms with Crippen molar-refractivity contribution in [2.24, 2.45) is 5.41 Å². The van der Waals surface area contributed by atoms with E-state index in [9.17, 15) is 4.79 Å². The Hall–Kier alpha value is -0.810. The lowest BCUT2D eigenvalue weighted by atomic mass is 9.78. The second-order valence-corrected chi connectivity index (χ2v) is 6.59. The van der Waals surface area contributed by atoms with Crippen LogP contribution in [0.3, 0.4) is 0 Å². The van der Waals surface area contributed by atoms with Crippen molar-refractivity contribution in [2.45, 2.75) is 25.8 Å². The topological polar surface area (TPSA) is 50.4 Å². The van der Waals surface area contributed by atoms with Gasteiger partial charge in [0.15, 0.2) is 0 Å². The number of hydrogen-bond acceptors (Lipinski definition) is 3. The van der Waals surface area contributed by atoms with Crippen molar-refractivity contribution >= 4 is 29.1 Å². The molecule has 1 amide bonds. The molecule has 1 aliphatic rings. The monoisotopic (exact) mass is 344 g/mol. The number of halogens is 2. The molecule has 2 rings (SSSR count). The number of ether oxygens (including phenoxy) is 1. The fourth-order valence-corrected chi connectivity index (χ4v) is 3.37. The average Bonchev–Trinajstić information content (AvgIpc) is 2.51. The van der Waals surface area contributed by atoms with Crippen LogP contribution in [-0.4, -0.2) is 32.7 Å². The maximum atomic E-state index is 12.8. The molecule has 0 bridgehead atoms. The van der Waals surface area contributed by atoms with E-state index in [2.05, 4.69) is 10.6 Å². The number of methoxy groups -OCH3 is 1. The Morgan fingerprint density at radius 2 is 2.09 bits per heavy atom. The molecule has 0 aromatic heterocycles. The molecule has 0 saturated carbocycles. The van der Waals surface area contributed by atoms with E-state index in [1.165, 1.54) is 0 Å². The quantitative estimate of drug-likeness (QED) is 0.862. The number of rotatable bonds is 5. The van der Waals surface area contributed by atoms with Gasteiger partial charge in [0.25, 0.3) is 0 Å². The maximum Gasteiger partial charge on any atom is 0.229 e. The molecule has 1 aliphatic heterocycles. The maximum absolute atomic E-state index is 12.8. The van der Waals surface area contributed by atoms with E-state index in [-0.39, 0.29) is 11.9 Å². The van der Waals surface area contributed by atoms with E-state index >= 15 is 0 Å². The zero-order chi connectivity index (χ0) is 16.2.